The molecule has 5 aromatic carbocycles. The fraction of sp³-hybridized carbons (Fsp3) is 0.0455. The molecule has 0 N–H and O–H groups in total. The van der Waals surface area contributed by atoms with Crippen molar-refractivity contribution in [2.24, 2.45) is 0 Å². The molecule has 0 radical (unpaired) electrons. The van der Waals surface area contributed by atoms with Crippen molar-refractivity contribution in [1.29, 1.82) is 0 Å². The first kappa shape index (κ1) is 23.8. The van der Waals surface area contributed by atoms with Crippen molar-refractivity contribution in [3.05, 3.63) is 176 Å². The van der Waals surface area contributed by atoms with E-state index in [1.165, 1.54) is 5.39 Å². The number of aromatic nitrogens is 5. The van der Waals surface area contributed by atoms with Gasteiger partial charge in [-0.2, -0.15) is 0 Å². The highest BCUT2D eigenvalue weighted by molar-refractivity contribution is 6.10. The van der Waals surface area contributed by atoms with Gasteiger partial charge in [0.25, 0.3) is 0 Å². The predicted molar refractivity (Wildman–Crippen MR) is 199 cm³/mol. The summed E-state index contributed by atoms with van der Waals surface area (Å²) < 4.78 is 44.7. The van der Waals surface area contributed by atoms with Crippen LogP contribution in [0.1, 0.15) is 25.0 Å². The highest BCUT2D eigenvalue weighted by Gasteiger charge is 2.18. The molecule has 2 atom stereocenters. The second-order valence-electron chi connectivity index (χ2n) is 11.8. The van der Waals surface area contributed by atoms with Gasteiger partial charge >= 0.3 is 0 Å². The molecule has 8 aromatic rings. The lowest BCUT2D eigenvalue weighted by atomic mass is 9.99. The molecule has 5 nitrogen and oxygen atoms in total. The molecule has 0 spiro atoms. The Kier molecular flexibility index (Phi) is 5.97. The lowest BCUT2D eigenvalue weighted by Gasteiger charge is -2.15. The molecular weight excluding hydrogens is 599 g/mol. The third kappa shape index (κ3) is 5.41. The van der Waals surface area contributed by atoms with E-state index in [0.29, 0.717) is 22.8 Å². The lowest BCUT2D eigenvalue weighted by Crippen LogP contribution is -2.07. The minimum atomic E-state index is -1.31. The largest absolute Gasteiger partial charge is 0.309 e. The van der Waals surface area contributed by atoms with E-state index in [1.54, 1.807) is 12.4 Å². The third-order valence-corrected chi connectivity index (χ3v) is 8.82. The Balaban J connectivity index is 1.14. The van der Waals surface area contributed by atoms with Gasteiger partial charge in [-0.1, -0.05) is 115 Å². The molecule has 0 saturated carbocycles. The summed E-state index contributed by atoms with van der Waals surface area (Å²) in [4.78, 5) is 18.7. The number of pyridine rings is 1. The molecule has 3 aromatic heterocycles. The van der Waals surface area contributed by atoms with E-state index in [1.807, 2.05) is 66.7 Å². The van der Waals surface area contributed by atoms with E-state index >= 15 is 0 Å². The highest BCUT2D eigenvalue weighted by Crippen LogP contribution is 2.36. The Hall–Kier alpha value is -6.46. The molecule has 0 amide bonds. The number of fused-ring (bicyclic) bond motifs is 3. The van der Waals surface area contributed by atoms with E-state index in [2.05, 4.69) is 76.3 Å². The predicted octanol–water partition coefficient (Wildman–Crippen LogP) is 10.6. The second-order valence-corrected chi connectivity index (χ2v) is 11.8. The lowest BCUT2D eigenvalue weighted by molar-refractivity contribution is 0.764. The SMILES string of the molecule is [2H]C1=C([2H])C([2H])C(c2nc(-c3ccc(-c4ccc5c(c4)c4ccccc4n5-c4ccccc4)cc3)nc(-c3cccc(-c4cccnc4)c3)n2)C([2H])=C1[2H]. The first-order valence-electron chi connectivity index (χ1n) is 18.7. The molecule has 232 valence electrons. The van der Waals surface area contributed by atoms with Gasteiger partial charge in [0.05, 0.1) is 16.5 Å². The van der Waals surface area contributed by atoms with Crippen LogP contribution < -0.4 is 0 Å². The normalized spacial score (nSPS) is 17.8. The Morgan fingerprint density at radius 2 is 1.29 bits per heavy atom. The van der Waals surface area contributed by atoms with Gasteiger partial charge in [0.2, 0.25) is 0 Å². The molecule has 5 heteroatoms. The Morgan fingerprint density at radius 1 is 0.571 bits per heavy atom. The first-order valence-corrected chi connectivity index (χ1v) is 16.1. The molecule has 1 aliphatic rings. The van der Waals surface area contributed by atoms with Crippen molar-refractivity contribution in [3.63, 3.8) is 0 Å². The van der Waals surface area contributed by atoms with E-state index < -0.39 is 24.4 Å². The molecule has 9 rings (SSSR count). The number of rotatable bonds is 6. The third-order valence-electron chi connectivity index (χ3n) is 8.82. The average molecular weight is 635 g/mol. The molecule has 0 fully saturated rings. The fourth-order valence-electron chi connectivity index (χ4n) is 6.44. The fourth-order valence-corrected chi connectivity index (χ4v) is 6.44. The Bertz CT molecular complexity index is 2780. The summed E-state index contributed by atoms with van der Waals surface area (Å²) in [5.74, 6) is -0.319. The van der Waals surface area contributed by atoms with Gasteiger partial charge in [-0.05, 0) is 65.6 Å². The van der Waals surface area contributed by atoms with Gasteiger partial charge in [0.15, 0.2) is 11.6 Å². The van der Waals surface area contributed by atoms with Crippen LogP contribution in [-0.2, 0) is 0 Å². The number of hydrogen-bond acceptors (Lipinski definition) is 4. The Labute approximate surface area is 291 Å². The number of allylic oxidation sites excluding steroid dienone is 4. The minimum Gasteiger partial charge on any atom is -0.309 e. The number of nitrogens with zero attached hydrogens (tertiary/aromatic N) is 5. The summed E-state index contributed by atoms with van der Waals surface area (Å²) in [6.07, 6.45) is 2.19. The van der Waals surface area contributed by atoms with Crippen molar-refractivity contribution >= 4 is 21.8 Å². The Morgan fingerprint density at radius 3 is 2.14 bits per heavy atom. The van der Waals surface area contributed by atoms with Crippen LogP contribution >= 0.6 is 0 Å². The summed E-state index contributed by atoms with van der Waals surface area (Å²) >= 11 is 0. The number of hydrogen-bond donors (Lipinski definition) is 0. The van der Waals surface area contributed by atoms with Gasteiger partial charge in [-0.25, -0.2) is 15.0 Å². The van der Waals surface area contributed by atoms with Crippen molar-refractivity contribution in [2.75, 3.05) is 0 Å². The van der Waals surface area contributed by atoms with Gasteiger partial charge in [0.1, 0.15) is 5.82 Å². The van der Waals surface area contributed by atoms with E-state index in [-0.39, 0.29) is 17.9 Å². The van der Waals surface area contributed by atoms with Crippen LogP contribution in [0.5, 0.6) is 0 Å². The standard InChI is InChI=1S/C44H31N5/c1-3-11-31(12-4-1)42-46-43(48-44(47-42)35-14-9-13-33(27-35)36-15-10-26-45-29-36)32-22-20-30(21-23-32)34-24-25-41-39(28-34)38-18-7-8-19-40(38)49(41)37-16-5-2-6-17-37/h1-11,13-29,31H,12H2/i1D,3D,4D,11D,12D. The molecule has 1 aliphatic carbocycles. The molecular formula is C44H31N5. The quantitative estimate of drug-likeness (QED) is 0.183. The average Bonchev–Trinajstić information content (AvgIpc) is 3.56. The van der Waals surface area contributed by atoms with Crippen LogP contribution in [0.3, 0.4) is 0 Å². The first-order chi connectivity index (χ1) is 26.4. The summed E-state index contributed by atoms with van der Waals surface area (Å²) in [5, 5.41) is 2.32. The number of benzene rings is 5. The zero-order valence-corrected chi connectivity index (χ0v) is 26.2. The smallest absolute Gasteiger partial charge is 0.163 e. The summed E-state index contributed by atoms with van der Waals surface area (Å²) in [6.45, 7) is 0. The summed E-state index contributed by atoms with van der Waals surface area (Å²) in [7, 11) is 0. The second kappa shape index (κ2) is 12.3. The maximum Gasteiger partial charge on any atom is 0.163 e. The maximum absolute atomic E-state index is 8.79. The number of para-hydroxylation sites is 2. The van der Waals surface area contributed by atoms with Crippen LogP contribution in [0.4, 0.5) is 0 Å². The minimum absolute atomic E-state index is 0.109. The van der Waals surface area contributed by atoms with Crippen LogP contribution in [-0.4, -0.2) is 24.5 Å². The van der Waals surface area contributed by atoms with E-state index in [9.17, 15) is 0 Å². The van der Waals surface area contributed by atoms with E-state index in [0.717, 1.165) is 44.4 Å². The van der Waals surface area contributed by atoms with Gasteiger partial charge in [-0.15, -0.1) is 0 Å². The van der Waals surface area contributed by atoms with Crippen LogP contribution in [0.2, 0.25) is 0 Å². The van der Waals surface area contributed by atoms with Crippen molar-refractivity contribution in [2.45, 2.75) is 12.3 Å². The summed E-state index contributed by atoms with van der Waals surface area (Å²) in [6, 6.07) is 43.4. The molecule has 0 aliphatic heterocycles. The molecule has 0 bridgehead atoms. The van der Waals surface area contributed by atoms with Crippen LogP contribution in [0.25, 0.3) is 72.5 Å². The zero-order chi connectivity index (χ0) is 36.9. The van der Waals surface area contributed by atoms with Crippen molar-refractivity contribution in [3.8, 4) is 50.7 Å². The van der Waals surface area contributed by atoms with Crippen LogP contribution in [0, 0.1) is 0 Å². The van der Waals surface area contributed by atoms with Gasteiger partial charge in [-0.3, -0.25) is 4.98 Å². The molecule has 3 heterocycles. The van der Waals surface area contributed by atoms with E-state index in [4.69, 9.17) is 21.8 Å². The van der Waals surface area contributed by atoms with Gasteiger partial charge in [0, 0.05) is 52.8 Å². The highest BCUT2D eigenvalue weighted by atomic mass is 15.0. The van der Waals surface area contributed by atoms with Gasteiger partial charge < -0.3 is 4.57 Å². The maximum atomic E-state index is 8.79. The van der Waals surface area contributed by atoms with Crippen molar-refractivity contribution < 1.29 is 6.85 Å². The molecule has 2 unspecified atom stereocenters. The van der Waals surface area contributed by atoms with Crippen molar-refractivity contribution in [1.82, 2.24) is 24.5 Å². The topological polar surface area (TPSA) is 56.5 Å². The van der Waals surface area contributed by atoms with Crippen LogP contribution in [0.15, 0.2) is 170 Å². The monoisotopic (exact) mass is 634 g/mol. The molecule has 0 saturated heterocycles. The molecule has 49 heavy (non-hydrogen) atoms. The summed E-state index contributed by atoms with van der Waals surface area (Å²) in [5.41, 5.74) is 8.68. The zero-order valence-electron chi connectivity index (χ0n) is 31.2.